The van der Waals surface area contributed by atoms with Gasteiger partial charge in [0.1, 0.15) is 11.4 Å². The zero-order valence-electron chi connectivity index (χ0n) is 28.0. The quantitative estimate of drug-likeness (QED) is 0.618. The third-order valence-electron chi connectivity index (χ3n) is 5.45. The minimum absolute atomic E-state index is 0.155. The number of piperidine rings is 1. The molecule has 9 nitrogen and oxygen atoms in total. The molecule has 2 N–H and O–H groups in total. The monoisotopic (exact) mass is 469 g/mol. The summed E-state index contributed by atoms with van der Waals surface area (Å²) >= 11 is 0. The van der Waals surface area contributed by atoms with Gasteiger partial charge in [-0.1, -0.05) is 0 Å². The normalized spacial score (nSPS) is 21.6. The summed E-state index contributed by atoms with van der Waals surface area (Å²) in [5.74, 6) is -3.24. The molecule has 3 amide bonds. The SMILES string of the molecule is [2H]c1c([2H])c(-n2nc(C(N)=O)c3c2C(=O)N(c2c([2H])c([2H])c(N4CCCCC4=O)c([2H])c2[2H])CC3([2H])[2H])c([2H])c([2H])c1OC. The topological polar surface area (TPSA) is 111 Å². The lowest BCUT2D eigenvalue weighted by molar-refractivity contribution is -0.119. The van der Waals surface area contributed by atoms with E-state index in [4.69, 9.17) is 24.2 Å². The number of anilines is 2. The van der Waals surface area contributed by atoms with Crippen LogP contribution in [0.25, 0.3) is 5.69 Å². The van der Waals surface area contributed by atoms with E-state index in [1.807, 2.05) is 0 Å². The molecular weight excluding hydrogens is 434 g/mol. The van der Waals surface area contributed by atoms with Crippen LogP contribution in [0.15, 0.2) is 48.3 Å². The fraction of sp³-hybridized carbons (Fsp3) is 0.280. The number of nitrogens with two attached hydrogens (primary N) is 1. The second-order valence-electron chi connectivity index (χ2n) is 7.50. The number of hydrogen-bond acceptors (Lipinski definition) is 5. The smallest absolute Gasteiger partial charge is 0.277 e. The predicted octanol–water partition coefficient (Wildman–Crippen LogP) is 2.70. The zero-order chi connectivity index (χ0) is 32.6. The Balaban J connectivity index is 1.78. The number of aromatic nitrogens is 2. The van der Waals surface area contributed by atoms with E-state index in [9.17, 15) is 14.4 Å². The van der Waals surface area contributed by atoms with Crippen molar-refractivity contribution in [1.29, 1.82) is 0 Å². The molecule has 0 saturated carbocycles. The van der Waals surface area contributed by atoms with Gasteiger partial charge in [0, 0.05) is 39.2 Å². The van der Waals surface area contributed by atoms with Gasteiger partial charge in [0.2, 0.25) is 5.91 Å². The summed E-state index contributed by atoms with van der Waals surface area (Å²) in [5, 5.41) is 3.95. The third-order valence-corrected chi connectivity index (χ3v) is 5.45. The predicted molar refractivity (Wildman–Crippen MR) is 127 cm³/mol. The fourth-order valence-corrected chi connectivity index (χ4v) is 3.77. The molecule has 9 heteroatoms. The first-order chi connectivity index (χ1) is 20.6. The van der Waals surface area contributed by atoms with Crippen molar-refractivity contribution < 1.29 is 32.8 Å². The maximum Gasteiger partial charge on any atom is 0.277 e. The van der Waals surface area contributed by atoms with E-state index in [1.54, 1.807) is 0 Å². The van der Waals surface area contributed by atoms with E-state index >= 15 is 0 Å². The minimum Gasteiger partial charge on any atom is -0.497 e. The lowest BCUT2D eigenvalue weighted by Gasteiger charge is -2.29. The van der Waals surface area contributed by atoms with Crippen LogP contribution in [0.1, 0.15) is 59.5 Å². The molecule has 3 aromatic rings. The lowest BCUT2D eigenvalue weighted by Crippen LogP contribution is -2.39. The molecule has 0 aliphatic carbocycles. The molecule has 174 valence electrons. The molecule has 1 saturated heterocycles. The van der Waals surface area contributed by atoms with Gasteiger partial charge in [-0.3, -0.25) is 14.4 Å². The number of amides is 3. The van der Waals surface area contributed by atoms with Gasteiger partial charge in [0.05, 0.1) is 23.8 Å². The Kier molecular flexibility index (Phi) is 3.29. The van der Waals surface area contributed by atoms with Crippen LogP contribution < -0.4 is 20.3 Å². The molecule has 3 heterocycles. The Bertz CT molecular complexity index is 1740. The number of primary amides is 1. The Morgan fingerprint density at radius 3 is 2.26 bits per heavy atom. The number of carbonyl (C=O) groups is 3. The molecular formula is C25H25N5O4. The first-order valence-corrected chi connectivity index (χ1v) is 10.4. The maximum absolute atomic E-state index is 14.2. The molecule has 0 atom stereocenters. The van der Waals surface area contributed by atoms with E-state index in [1.165, 1.54) is 0 Å². The second-order valence-corrected chi connectivity index (χ2v) is 7.50. The van der Waals surface area contributed by atoms with Gasteiger partial charge in [-0.05, 0) is 67.6 Å². The van der Waals surface area contributed by atoms with E-state index in [2.05, 4.69) is 5.10 Å². The zero-order valence-corrected chi connectivity index (χ0v) is 18.0. The molecule has 2 aliphatic heterocycles. The molecule has 1 fully saturated rings. The number of carbonyl (C=O) groups excluding carboxylic acids is 3. The highest BCUT2D eigenvalue weighted by Gasteiger charge is 2.34. The van der Waals surface area contributed by atoms with Gasteiger partial charge in [-0.2, -0.15) is 5.10 Å². The van der Waals surface area contributed by atoms with Crippen molar-refractivity contribution in [2.45, 2.75) is 25.6 Å². The number of nitrogens with zero attached hydrogens (tertiary/aromatic N) is 4. The second kappa shape index (κ2) is 8.66. The summed E-state index contributed by atoms with van der Waals surface area (Å²) in [6, 6.07) is -5.52. The molecule has 2 aliphatic rings. The first-order valence-electron chi connectivity index (χ1n) is 15.4. The standard InChI is InChI=1S/C25H25N5O4/c1-34-19-11-9-18(10-12-19)30-23-20(22(27-30)24(26)32)13-15-29(25(23)33)17-7-5-16(6-8-17)28-14-3-2-4-21(28)31/h5-12H,2-4,13-15H2,1H3,(H2,26,32)/i5D,6D,7D,8D,9D,10D,11D,12D,13D2. The summed E-state index contributed by atoms with van der Waals surface area (Å²) in [4.78, 5) is 40.9. The number of ether oxygens (including phenoxy) is 1. The van der Waals surface area contributed by atoms with Crippen LogP contribution in [0.4, 0.5) is 11.4 Å². The van der Waals surface area contributed by atoms with Crippen molar-refractivity contribution in [3.63, 3.8) is 0 Å². The van der Waals surface area contributed by atoms with Gasteiger partial charge >= 0.3 is 0 Å². The minimum atomic E-state index is -2.65. The highest BCUT2D eigenvalue weighted by Crippen LogP contribution is 2.31. The summed E-state index contributed by atoms with van der Waals surface area (Å²) in [5.41, 5.74) is 1.90. The van der Waals surface area contributed by atoms with Gasteiger partial charge in [-0.25, -0.2) is 4.68 Å². The summed E-state index contributed by atoms with van der Waals surface area (Å²) in [6.45, 7) is -0.734. The molecule has 34 heavy (non-hydrogen) atoms. The van der Waals surface area contributed by atoms with E-state index in [0.29, 0.717) is 22.4 Å². The van der Waals surface area contributed by atoms with Crippen LogP contribution in [0.5, 0.6) is 5.75 Å². The number of hydrogen-bond donors (Lipinski definition) is 1. The molecule has 5 rings (SSSR count). The van der Waals surface area contributed by atoms with Crippen molar-refractivity contribution in [2.75, 3.05) is 30.0 Å². The average Bonchev–Trinajstić information content (AvgIpc) is 3.37. The number of methoxy groups -OCH3 is 1. The van der Waals surface area contributed by atoms with Crippen LogP contribution in [0.2, 0.25) is 0 Å². The maximum atomic E-state index is 14.2. The largest absolute Gasteiger partial charge is 0.497 e. The Labute approximate surface area is 210 Å². The van der Waals surface area contributed by atoms with Crippen molar-refractivity contribution in [3.8, 4) is 11.4 Å². The Morgan fingerprint density at radius 1 is 1.00 bits per heavy atom. The molecule has 0 radical (unpaired) electrons. The molecule has 1 aromatic heterocycles. The molecule has 0 unspecified atom stereocenters. The van der Waals surface area contributed by atoms with Gasteiger partial charge in [0.25, 0.3) is 11.8 Å². The van der Waals surface area contributed by atoms with Gasteiger partial charge in [0.15, 0.2) is 5.69 Å². The van der Waals surface area contributed by atoms with Crippen molar-refractivity contribution in [1.82, 2.24) is 9.78 Å². The molecule has 2 aromatic carbocycles. The van der Waals surface area contributed by atoms with Crippen LogP contribution in [-0.4, -0.2) is 47.7 Å². The van der Waals surface area contributed by atoms with E-state index < -0.39 is 107 Å². The van der Waals surface area contributed by atoms with E-state index in [-0.39, 0.29) is 24.6 Å². The van der Waals surface area contributed by atoms with E-state index in [0.717, 1.165) is 12.0 Å². The number of benzene rings is 2. The number of fused-ring (bicyclic) bond motifs is 1. The molecule has 0 bridgehead atoms. The van der Waals surface area contributed by atoms with Crippen molar-refractivity contribution in [2.24, 2.45) is 5.73 Å². The lowest BCUT2D eigenvalue weighted by atomic mass is 10.0. The van der Waals surface area contributed by atoms with Crippen molar-refractivity contribution in [3.05, 3.63) is 65.3 Å². The third kappa shape index (κ3) is 3.68. The number of rotatable bonds is 5. The summed E-state index contributed by atoms with van der Waals surface area (Å²) in [6.07, 6.45) is -1.31. The Morgan fingerprint density at radius 2 is 1.65 bits per heavy atom. The van der Waals surface area contributed by atoms with Crippen molar-refractivity contribution >= 4 is 29.1 Å². The van der Waals surface area contributed by atoms with Crippen LogP contribution >= 0.6 is 0 Å². The highest BCUT2D eigenvalue weighted by molar-refractivity contribution is 6.09. The highest BCUT2D eigenvalue weighted by atomic mass is 16.5. The first kappa shape index (κ1) is 12.9. The van der Waals surface area contributed by atoms with Gasteiger partial charge in [-0.15, -0.1) is 0 Å². The van der Waals surface area contributed by atoms with Crippen LogP contribution in [0.3, 0.4) is 0 Å². The van der Waals surface area contributed by atoms with Crippen LogP contribution in [0, 0.1) is 0 Å². The van der Waals surface area contributed by atoms with Crippen LogP contribution in [-0.2, 0) is 11.2 Å². The summed E-state index contributed by atoms with van der Waals surface area (Å²) < 4.78 is 91.1. The average molecular weight is 470 g/mol. The fourth-order valence-electron chi connectivity index (χ4n) is 3.77. The summed E-state index contributed by atoms with van der Waals surface area (Å²) in [7, 11) is 1.13. The molecule has 0 spiro atoms. The van der Waals surface area contributed by atoms with Gasteiger partial charge < -0.3 is 20.3 Å². The Hall–Kier alpha value is -4.14.